The minimum absolute atomic E-state index is 0.185. The Labute approximate surface area is 140 Å². The Hall–Kier alpha value is -1.97. The number of benzene rings is 3. The van der Waals surface area contributed by atoms with E-state index < -0.39 is 0 Å². The van der Waals surface area contributed by atoms with Crippen molar-refractivity contribution in [2.24, 2.45) is 0 Å². The van der Waals surface area contributed by atoms with Crippen LogP contribution in [0.4, 0.5) is 0 Å². The van der Waals surface area contributed by atoms with Crippen LogP contribution in [-0.2, 0) is 0 Å². The molecule has 3 heteroatoms. The molecule has 110 valence electrons. The number of rotatable bonds is 3. The molecule has 3 rings (SSSR count). The lowest BCUT2D eigenvalue weighted by Gasteiger charge is -1.99. The molecular formula is C19H16OS2. The van der Waals surface area contributed by atoms with Gasteiger partial charge in [-0.3, -0.25) is 4.79 Å². The summed E-state index contributed by atoms with van der Waals surface area (Å²) in [4.78, 5) is 13.1. The third kappa shape index (κ3) is 5.80. The third-order valence-corrected chi connectivity index (χ3v) is 4.02. The molecule has 0 aliphatic carbocycles. The third-order valence-electron chi connectivity index (χ3n) is 2.74. The summed E-state index contributed by atoms with van der Waals surface area (Å²) < 4.78 is 0. The second-order valence-corrected chi connectivity index (χ2v) is 5.95. The molecule has 0 N–H and O–H groups in total. The molecular weight excluding hydrogens is 308 g/mol. The highest BCUT2D eigenvalue weighted by molar-refractivity contribution is 7.99. The van der Waals surface area contributed by atoms with Gasteiger partial charge in [0, 0.05) is 15.4 Å². The van der Waals surface area contributed by atoms with Crippen molar-refractivity contribution in [3.63, 3.8) is 0 Å². The van der Waals surface area contributed by atoms with E-state index in [1.807, 2.05) is 30.3 Å². The maximum absolute atomic E-state index is 10.5. The zero-order chi connectivity index (χ0) is 15.6. The van der Waals surface area contributed by atoms with Gasteiger partial charge < -0.3 is 0 Å². The van der Waals surface area contributed by atoms with Crippen molar-refractivity contribution in [2.45, 2.75) is 9.79 Å². The first-order valence-corrected chi connectivity index (χ1v) is 8.08. The molecule has 0 unspecified atom stereocenters. The van der Waals surface area contributed by atoms with Crippen molar-refractivity contribution >= 4 is 29.5 Å². The van der Waals surface area contributed by atoms with Gasteiger partial charge in [0.05, 0.1) is 0 Å². The van der Waals surface area contributed by atoms with Gasteiger partial charge in [-0.2, -0.15) is 0 Å². The van der Waals surface area contributed by atoms with E-state index in [0.29, 0.717) is 5.56 Å². The first kappa shape index (κ1) is 16.4. The van der Waals surface area contributed by atoms with Gasteiger partial charge >= 0.3 is 0 Å². The van der Waals surface area contributed by atoms with Crippen LogP contribution in [0.5, 0.6) is 0 Å². The summed E-state index contributed by atoms with van der Waals surface area (Å²) in [6, 6.07) is 29.7. The molecule has 0 radical (unpaired) electrons. The summed E-state index contributed by atoms with van der Waals surface area (Å²) in [5, 5.41) is -0.185. The Morgan fingerprint density at radius 2 is 1.00 bits per heavy atom. The molecule has 0 amide bonds. The monoisotopic (exact) mass is 324 g/mol. The minimum Gasteiger partial charge on any atom is -0.282 e. The highest BCUT2D eigenvalue weighted by Gasteiger charge is 1.94. The zero-order valence-electron chi connectivity index (χ0n) is 11.9. The molecule has 0 fully saturated rings. The van der Waals surface area contributed by atoms with Crippen LogP contribution in [0.1, 0.15) is 10.4 Å². The van der Waals surface area contributed by atoms with Crippen molar-refractivity contribution in [1.29, 1.82) is 0 Å². The summed E-state index contributed by atoms with van der Waals surface area (Å²) >= 11 is 5.44. The first-order valence-electron chi connectivity index (χ1n) is 6.82. The van der Waals surface area contributed by atoms with E-state index in [2.05, 4.69) is 61.2 Å². The Kier molecular flexibility index (Phi) is 6.81. The van der Waals surface area contributed by atoms with E-state index in [9.17, 15) is 4.79 Å². The maximum atomic E-state index is 10.5. The van der Waals surface area contributed by atoms with Crippen LogP contribution < -0.4 is 0 Å². The first-order chi connectivity index (χ1) is 10.8. The Morgan fingerprint density at radius 1 is 0.636 bits per heavy atom. The average molecular weight is 324 g/mol. The van der Waals surface area contributed by atoms with Gasteiger partial charge in [-0.05, 0) is 24.3 Å². The molecule has 0 aliphatic heterocycles. The smallest absolute Gasteiger partial charge is 0.216 e. The molecule has 0 heterocycles. The number of hydrogen-bond acceptors (Lipinski definition) is 2. The SMILES string of the molecule is O=C(S)c1ccccc1.c1ccc(Sc2ccccc2)cc1. The number of carbonyl (C=O) groups is 1. The maximum Gasteiger partial charge on any atom is 0.216 e. The summed E-state index contributed by atoms with van der Waals surface area (Å²) in [7, 11) is 0. The van der Waals surface area contributed by atoms with Crippen molar-refractivity contribution in [3.8, 4) is 0 Å². The van der Waals surface area contributed by atoms with E-state index in [0.717, 1.165) is 0 Å². The van der Waals surface area contributed by atoms with E-state index in [4.69, 9.17) is 0 Å². The second kappa shape index (κ2) is 9.13. The molecule has 0 spiro atoms. The quantitative estimate of drug-likeness (QED) is 0.632. The molecule has 0 aromatic heterocycles. The molecule has 0 bridgehead atoms. The van der Waals surface area contributed by atoms with Crippen molar-refractivity contribution in [2.75, 3.05) is 0 Å². The van der Waals surface area contributed by atoms with Gasteiger partial charge in [0.2, 0.25) is 5.12 Å². The second-order valence-electron chi connectivity index (χ2n) is 4.40. The summed E-state index contributed by atoms with van der Waals surface area (Å²) in [5.74, 6) is 0. The van der Waals surface area contributed by atoms with Gasteiger partial charge in [-0.15, -0.1) is 12.6 Å². The van der Waals surface area contributed by atoms with Crippen LogP contribution in [0, 0.1) is 0 Å². The van der Waals surface area contributed by atoms with E-state index >= 15 is 0 Å². The molecule has 0 aliphatic rings. The molecule has 0 saturated carbocycles. The van der Waals surface area contributed by atoms with Gasteiger partial charge in [0.25, 0.3) is 0 Å². The van der Waals surface area contributed by atoms with Crippen LogP contribution in [0.25, 0.3) is 0 Å². The lowest BCUT2D eigenvalue weighted by atomic mass is 10.2. The van der Waals surface area contributed by atoms with Gasteiger partial charge in [-0.1, -0.05) is 78.5 Å². The lowest BCUT2D eigenvalue weighted by molar-refractivity contribution is 0.109. The number of carbonyl (C=O) groups excluding carboxylic acids is 1. The van der Waals surface area contributed by atoms with E-state index in [-0.39, 0.29) is 5.12 Å². The van der Waals surface area contributed by atoms with Crippen LogP contribution >= 0.6 is 24.4 Å². The van der Waals surface area contributed by atoms with Gasteiger partial charge in [0.15, 0.2) is 0 Å². The molecule has 3 aromatic rings. The average Bonchev–Trinajstić information content (AvgIpc) is 2.58. The highest BCUT2D eigenvalue weighted by atomic mass is 32.2. The largest absolute Gasteiger partial charge is 0.282 e. The normalized spacial score (nSPS) is 9.50. The van der Waals surface area contributed by atoms with Crippen molar-refractivity contribution in [1.82, 2.24) is 0 Å². The molecule has 0 atom stereocenters. The molecule has 0 saturated heterocycles. The van der Waals surface area contributed by atoms with E-state index in [1.54, 1.807) is 23.9 Å². The van der Waals surface area contributed by atoms with E-state index in [1.165, 1.54) is 9.79 Å². The van der Waals surface area contributed by atoms with Crippen molar-refractivity contribution in [3.05, 3.63) is 96.6 Å². The Morgan fingerprint density at radius 3 is 1.32 bits per heavy atom. The lowest BCUT2D eigenvalue weighted by Crippen LogP contribution is -1.84. The van der Waals surface area contributed by atoms with Crippen LogP contribution in [0.2, 0.25) is 0 Å². The van der Waals surface area contributed by atoms with Gasteiger partial charge in [-0.25, -0.2) is 0 Å². The minimum atomic E-state index is -0.185. The number of thiol groups is 1. The highest BCUT2D eigenvalue weighted by Crippen LogP contribution is 2.26. The molecule has 1 nitrogen and oxygen atoms in total. The van der Waals surface area contributed by atoms with Crippen LogP contribution in [-0.4, -0.2) is 5.12 Å². The summed E-state index contributed by atoms with van der Waals surface area (Å²) in [6.07, 6.45) is 0. The fourth-order valence-electron chi connectivity index (χ4n) is 1.69. The Bertz CT molecular complexity index is 645. The number of hydrogen-bond donors (Lipinski definition) is 1. The predicted octanol–water partition coefficient (Wildman–Crippen LogP) is 5.59. The Balaban J connectivity index is 0.000000172. The summed E-state index contributed by atoms with van der Waals surface area (Å²) in [5.41, 5.74) is 0.640. The zero-order valence-corrected chi connectivity index (χ0v) is 13.6. The fourth-order valence-corrected chi connectivity index (χ4v) is 2.70. The molecule has 22 heavy (non-hydrogen) atoms. The standard InChI is InChI=1S/C12H10S.C7H6OS/c1-3-7-11(8-4-1)13-12-9-5-2-6-10-12;8-7(9)6-4-2-1-3-5-6/h1-10H;1-5H,(H,8,9). The predicted molar refractivity (Wildman–Crippen MR) is 96.8 cm³/mol. The molecule has 3 aromatic carbocycles. The fraction of sp³-hybridized carbons (Fsp3) is 0. The summed E-state index contributed by atoms with van der Waals surface area (Å²) in [6.45, 7) is 0. The van der Waals surface area contributed by atoms with Crippen LogP contribution in [0.3, 0.4) is 0 Å². The topological polar surface area (TPSA) is 17.1 Å². The van der Waals surface area contributed by atoms with Crippen LogP contribution in [0.15, 0.2) is 101 Å². The van der Waals surface area contributed by atoms with Crippen molar-refractivity contribution < 1.29 is 4.79 Å². The van der Waals surface area contributed by atoms with Gasteiger partial charge in [0.1, 0.15) is 0 Å².